The van der Waals surface area contributed by atoms with E-state index in [2.05, 4.69) is 15.4 Å². The zero-order chi connectivity index (χ0) is 18.6. The van der Waals surface area contributed by atoms with Crippen LogP contribution in [0.2, 0.25) is 0 Å². The highest BCUT2D eigenvalue weighted by Crippen LogP contribution is 2.29. The van der Waals surface area contributed by atoms with Crippen molar-refractivity contribution in [2.45, 2.75) is 36.6 Å². The second-order valence-electron chi connectivity index (χ2n) is 7.28. The summed E-state index contributed by atoms with van der Waals surface area (Å²) < 4.78 is 33.5. The molecule has 152 valence electrons. The number of sulfonamides is 1. The van der Waals surface area contributed by atoms with Crippen molar-refractivity contribution in [2.24, 2.45) is 5.41 Å². The van der Waals surface area contributed by atoms with Crippen molar-refractivity contribution in [3.05, 3.63) is 29.8 Å². The van der Waals surface area contributed by atoms with Gasteiger partial charge in [0.25, 0.3) is 5.91 Å². The van der Waals surface area contributed by atoms with E-state index in [1.807, 2.05) is 0 Å². The second kappa shape index (κ2) is 9.34. The van der Waals surface area contributed by atoms with Gasteiger partial charge in [-0.15, -0.1) is 12.4 Å². The number of halogens is 1. The van der Waals surface area contributed by atoms with Gasteiger partial charge in [0.05, 0.1) is 11.5 Å². The van der Waals surface area contributed by atoms with Gasteiger partial charge in [0, 0.05) is 30.7 Å². The zero-order valence-corrected chi connectivity index (χ0v) is 17.1. The Morgan fingerprint density at radius 1 is 1.30 bits per heavy atom. The van der Waals surface area contributed by atoms with Crippen molar-refractivity contribution >= 4 is 28.3 Å². The van der Waals surface area contributed by atoms with Gasteiger partial charge in [-0.1, -0.05) is 6.07 Å². The number of hydrogen-bond donors (Lipinski definition) is 3. The van der Waals surface area contributed by atoms with Crippen LogP contribution in [0, 0.1) is 5.41 Å². The SMILES string of the molecule is COCC1(CNS(=O)(=O)c2cccc(C(=O)NC3CC3)c2)CCNCC1.Cl. The van der Waals surface area contributed by atoms with Gasteiger partial charge in [-0.25, -0.2) is 13.1 Å². The van der Waals surface area contributed by atoms with Crippen molar-refractivity contribution < 1.29 is 17.9 Å². The monoisotopic (exact) mass is 417 g/mol. The molecule has 0 radical (unpaired) electrons. The number of rotatable bonds is 8. The minimum absolute atomic E-state index is 0. The molecule has 0 unspecified atom stereocenters. The summed E-state index contributed by atoms with van der Waals surface area (Å²) in [6.07, 6.45) is 3.68. The number of piperidine rings is 1. The van der Waals surface area contributed by atoms with Crippen LogP contribution in [0.4, 0.5) is 0 Å². The quantitative estimate of drug-likeness (QED) is 0.592. The number of hydrogen-bond acceptors (Lipinski definition) is 5. The van der Waals surface area contributed by atoms with Crippen molar-refractivity contribution in [1.29, 1.82) is 0 Å². The van der Waals surface area contributed by atoms with E-state index in [0.29, 0.717) is 18.7 Å². The molecule has 1 aliphatic heterocycles. The minimum Gasteiger partial charge on any atom is -0.384 e. The number of carbonyl (C=O) groups is 1. The Balaban J connectivity index is 0.00000261. The Bertz CT molecular complexity index is 741. The molecule has 7 nitrogen and oxygen atoms in total. The van der Waals surface area contributed by atoms with Gasteiger partial charge in [0.15, 0.2) is 0 Å². The molecule has 3 N–H and O–H groups in total. The van der Waals surface area contributed by atoms with E-state index in [9.17, 15) is 13.2 Å². The highest BCUT2D eigenvalue weighted by Gasteiger charge is 2.33. The van der Waals surface area contributed by atoms with Crippen LogP contribution >= 0.6 is 12.4 Å². The molecule has 2 fully saturated rings. The molecular formula is C18H28ClN3O4S. The van der Waals surface area contributed by atoms with Crippen molar-refractivity contribution in [3.63, 3.8) is 0 Å². The van der Waals surface area contributed by atoms with Gasteiger partial charge in [0.1, 0.15) is 0 Å². The molecule has 1 aromatic carbocycles. The van der Waals surface area contributed by atoms with Gasteiger partial charge in [0.2, 0.25) is 10.0 Å². The molecule has 1 saturated carbocycles. The number of benzene rings is 1. The molecule has 1 amide bonds. The van der Waals surface area contributed by atoms with Gasteiger partial charge in [-0.3, -0.25) is 4.79 Å². The summed E-state index contributed by atoms with van der Waals surface area (Å²) >= 11 is 0. The van der Waals surface area contributed by atoms with Crippen molar-refractivity contribution in [1.82, 2.24) is 15.4 Å². The maximum atomic E-state index is 12.7. The van der Waals surface area contributed by atoms with Crippen LogP contribution < -0.4 is 15.4 Å². The van der Waals surface area contributed by atoms with Crippen molar-refractivity contribution in [2.75, 3.05) is 33.4 Å². The predicted molar refractivity (Wildman–Crippen MR) is 106 cm³/mol. The Morgan fingerprint density at radius 2 is 2.00 bits per heavy atom. The van der Waals surface area contributed by atoms with Crippen LogP contribution in [-0.4, -0.2) is 53.7 Å². The first-order valence-corrected chi connectivity index (χ1v) is 10.5. The summed E-state index contributed by atoms with van der Waals surface area (Å²) in [6, 6.07) is 6.42. The third kappa shape index (κ3) is 5.89. The molecule has 3 rings (SSSR count). The fourth-order valence-electron chi connectivity index (χ4n) is 3.27. The van der Waals surface area contributed by atoms with Crippen LogP contribution in [0.15, 0.2) is 29.2 Å². The summed E-state index contributed by atoms with van der Waals surface area (Å²) in [5.74, 6) is -0.223. The molecule has 9 heteroatoms. The zero-order valence-electron chi connectivity index (χ0n) is 15.5. The van der Waals surface area contributed by atoms with Crippen molar-refractivity contribution in [3.8, 4) is 0 Å². The Labute approximate surface area is 167 Å². The van der Waals surface area contributed by atoms with E-state index in [0.717, 1.165) is 38.8 Å². The predicted octanol–water partition coefficient (Wildman–Crippen LogP) is 1.30. The summed E-state index contributed by atoms with van der Waals surface area (Å²) in [5.41, 5.74) is 0.168. The molecule has 0 spiro atoms. The highest BCUT2D eigenvalue weighted by atomic mass is 35.5. The number of ether oxygens (including phenoxy) is 1. The fraction of sp³-hybridized carbons (Fsp3) is 0.611. The molecule has 27 heavy (non-hydrogen) atoms. The summed E-state index contributed by atoms with van der Waals surface area (Å²) in [4.78, 5) is 12.3. The number of nitrogens with one attached hydrogen (secondary N) is 3. The summed E-state index contributed by atoms with van der Waals surface area (Å²) in [6.45, 7) is 2.54. The minimum atomic E-state index is -3.69. The van der Waals surface area contributed by atoms with E-state index >= 15 is 0 Å². The maximum Gasteiger partial charge on any atom is 0.251 e. The Kier molecular flexibility index (Phi) is 7.64. The molecule has 1 saturated heterocycles. The Morgan fingerprint density at radius 3 is 2.63 bits per heavy atom. The van der Waals surface area contributed by atoms with Gasteiger partial charge < -0.3 is 15.4 Å². The van der Waals surface area contributed by atoms with E-state index in [1.165, 1.54) is 12.1 Å². The van der Waals surface area contributed by atoms with E-state index in [4.69, 9.17) is 4.74 Å². The summed E-state index contributed by atoms with van der Waals surface area (Å²) in [7, 11) is -2.05. The van der Waals surface area contributed by atoms with Gasteiger partial charge in [-0.05, 0) is 57.0 Å². The molecule has 1 heterocycles. The molecule has 1 aromatic rings. The molecule has 0 aromatic heterocycles. The first kappa shape index (κ1) is 22.1. The molecular weight excluding hydrogens is 390 g/mol. The average Bonchev–Trinajstić information content (AvgIpc) is 3.45. The highest BCUT2D eigenvalue weighted by molar-refractivity contribution is 7.89. The van der Waals surface area contributed by atoms with Gasteiger partial charge in [-0.2, -0.15) is 0 Å². The third-order valence-electron chi connectivity index (χ3n) is 5.07. The number of carbonyl (C=O) groups excluding carboxylic acids is 1. The molecule has 0 bridgehead atoms. The first-order valence-electron chi connectivity index (χ1n) is 9.04. The lowest BCUT2D eigenvalue weighted by Gasteiger charge is -2.37. The lowest BCUT2D eigenvalue weighted by molar-refractivity contribution is 0.0577. The fourth-order valence-corrected chi connectivity index (χ4v) is 4.47. The van der Waals surface area contributed by atoms with Crippen LogP contribution in [0.5, 0.6) is 0 Å². The maximum absolute atomic E-state index is 12.7. The van der Waals surface area contributed by atoms with E-state index < -0.39 is 10.0 Å². The van der Waals surface area contributed by atoms with E-state index in [1.54, 1.807) is 19.2 Å². The average molecular weight is 418 g/mol. The topological polar surface area (TPSA) is 96.5 Å². The summed E-state index contributed by atoms with van der Waals surface area (Å²) in [5, 5.41) is 6.17. The third-order valence-corrected chi connectivity index (χ3v) is 6.47. The molecule has 1 aliphatic carbocycles. The first-order chi connectivity index (χ1) is 12.4. The standard InChI is InChI=1S/C18H27N3O4S.ClH/c1-25-13-18(7-9-19-10-8-18)12-20-26(23,24)16-4-2-3-14(11-16)17(22)21-15-5-6-15;/h2-4,11,15,19-20H,5-10,12-13H2,1H3,(H,21,22);1H. The molecule has 2 aliphatic rings. The largest absolute Gasteiger partial charge is 0.384 e. The van der Waals surface area contributed by atoms with Crippen LogP contribution in [0.25, 0.3) is 0 Å². The second-order valence-corrected chi connectivity index (χ2v) is 9.05. The van der Waals surface area contributed by atoms with Crippen LogP contribution in [-0.2, 0) is 14.8 Å². The lowest BCUT2D eigenvalue weighted by Crippen LogP contribution is -2.47. The number of amides is 1. The smallest absolute Gasteiger partial charge is 0.251 e. The normalized spacial score (nSPS) is 19.1. The van der Waals surface area contributed by atoms with Crippen LogP contribution in [0.3, 0.4) is 0 Å². The van der Waals surface area contributed by atoms with Gasteiger partial charge >= 0.3 is 0 Å². The Hall–Kier alpha value is -1.19. The molecule has 0 atom stereocenters. The number of methoxy groups -OCH3 is 1. The van der Waals surface area contributed by atoms with Crippen LogP contribution in [0.1, 0.15) is 36.0 Å². The van der Waals surface area contributed by atoms with E-state index in [-0.39, 0.29) is 34.7 Å². The lowest BCUT2D eigenvalue weighted by atomic mass is 9.80.